The van der Waals surface area contributed by atoms with Gasteiger partial charge in [0.05, 0.1) is 0 Å². The fourth-order valence-electron chi connectivity index (χ4n) is 1.76. The summed E-state index contributed by atoms with van der Waals surface area (Å²) in [7, 11) is 0. The number of carbonyl (C=O) groups is 1. The predicted molar refractivity (Wildman–Crippen MR) is 67.5 cm³/mol. The van der Waals surface area contributed by atoms with E-state index in [4.69, 9.17) is 5.11 Å². The number of benzene rings is 1. The van der Waals surface area contributed by atoms with Crippen LogP contribution in [-0.2, 0) is 5.41 Å². The highest BCUT2D eigenvalue weighted by molar-refractivity contribution is 7.21. The van der Waals surface area contributed by atoms with Gasteiger partial charge in [0.15, 0.2) is 0 Å². The molecular formula is C13H14O2S. The summed E-state index contributed by atoms with van der Waals surface area (Å²) in [5.74, 6) is -0.846. The van der Waals surface area contributed by atoms with Crippen LogP contribution in [0.1, 0.15) is 36.0 Å². The first-order valence-corrected chi connectivity index (χ1v) is 5.97. The standard InChI is InChI=1S/C13H14O2S/c1-13(2,3)9-6-4-5-8-7-10(12(14)15)16-11(8)9/h4-7H,1-3H3,(H,14,15). The van der Waals surface area contributed by atoms with Crippen molar-refractivity contribution in [2.45, 2.75) is 26.2 Å². The molecule has 0 bridgehead atoms. The van der Waals surface area contributed by atoms with E-state index < -0.39 is 5.97 Å². The molecule has 3 heteroatoms. The van der Waals surface area contributed by atoms with E-state index in [0.29, 0.717) is 4.88 Å². The lowest BCUT2D eigenvalue weighted by atomic mass is 9.86. The van der Waals surface area contributed by atoms with Gasteiger partial charge in [0.25, 0.3) is 0 Å². The highest BCUT2D eigenvalue weighted by Gasteiger charge is 2.19. The summed E-state index contributed by atoms with van der Waals surface area (Å²) < 4.78 is 1.09. The van der Waals surface area contributed by atoms with Crippen molar-refractivity contribution in [3.63, 3.8) is 0 Å². The van der Waals surface area contributed by atoms with Crippen LogP contribution in [0.5, 0.6) is 0 Å². The van der Waals surface area contributed by atoms with E-state index in [0.717, 1.165) is 10.1 Å². The molecule has 0 spiro atoms. The van der Waals surface area contributed by atoms with E-state index in [1.165, 1.54) is 16.9 Å². The molecule has 1 aromatic carbocycles. The lowest BCUT2D eigenvalue weighted by Crippen LogP contribution is -2.10. The fraction of sp³-hybridized carbons (Fsp3) is 0.308. The smallest absolute Gasteiger partial charge is 0.345 e. The van der Waals surface area contributed by atoms with Gasteiger partial charge >= 0.3 is 5.97 Å². The summed E-state index contributed by atoms with van der Waals surface area (Å²) in [5.41, 5.74) is 1.25. The lowest BCUT2D eigenvalue weighted by molar-refractivity contribution is 0.0702. The van der Waals surface area contributed by atoms with E-state index in [2.05, 4.69) is 26.8 Å². The van der Waals surface area contributed by atoms with Gasteiger partial charge in [-0.15, -0.1) is 11.3 Å². The van der Waals surface area contributed by atoms with Crippen molar-refractivity contribution < 1.29 is 9.90 Å². The third-order valence-electron chi connectivity index (χ3n) is 2.56. The number of hydrogen-bond donors (Lipinski definition) is 1. The molecule has 1 N–H and O–H groups in total. The molecule has 0 aliphatic carbocycles. The molecule has 0 fully saturated rings. The summed E-state index contributed by atoms with van der Waals surface area (Å²) in [6.07, 6.45) is 0. The predicted octanol–water partition coefficient (Wildman–Crippen LogP) is 3.90. The van der Waals surface area contributed by atoms with Crippen LogP contribution >= 0.6 is 11.3 Å². The minimum Gasteiger partial charge on any atom is -0.477 e. The average Bonchev–Trinajstić information content (AvgIpc) is 2.58. The van der Waals surface area contributed by atoms with Crippen molar-refractivity contribution in [1.82, 2.24) is 0 Å². The van der Waals surface area contributed by atoms with Gasteiger partial charge in [0.1, 0.15) is 4.88 Å². The second kappa shape index (κ2) is 3.59. The molecule has 0 atom stereocenters. The van der Waals surface area contributed by atoms with Gasteiger partial charge in [-0.1, -0.05) is 39.0 Å². The topological polar surface area (TPSA) is 37.3 Å². The zero-order chi connectivity index (χ0) is 11.9. The monoisotopic (exact) mass is 234 g/mol. The molecular weight excluding hydrogens is 220 g/mol. The Hall–Kier alpha value is -1.35. The van der Waals surface area contributed by atoms with Crippen LogP contribution in [-0.4, -0.2) is 11.1 Å². The Kier molecular flexibility index (Phi) is 2.50. The van der Waals surface area contributed by atoms with Crippen LogP contribution in [0.3, 0.4) is 0 Å². The second-order valence-corrected chi connectivity index (χ2v) is 5.94. The van der Waals surface area contributed by atoms with Crippen LogP contribution in [0.4, 0.5) is 0 Å². The van der Waals surface area contributed by atoms with E-state index in [1.54, 1.807) is 6.07 Å². The SMILES string of the molecule is CC(C)(C)c1cccc2cc(C(=O)O)sc12. The molecule has 1 aromatic heterocycles. The van der Waals surface area contributed by atoms with Gasteiger partial charge in [-0.05, 0) is 22.4 Å². The van der Waals surface area contributed by atoms with Crippen LogP contribution in [0.25, 0.3) is 10.1 Å². The molecule has 2 rings (SSSR count). The number of carboxylic acid groups (broad SMARTS) is 1. The minimum absolute atomic E-state index is 0.0418. The maximum absolute atomic E-state index is 10.9. The molecule has 0 aliphatic rings. The van der Waals surface area contributed by atoms with Crippen LogP contribution in [0, 0.1) is 0 Å². The van der Waals surface area contributed by atoms with Crippen LogP contribution in [0.2, 0.25) is 0 Å². The highest BCUT2D eigenvalue weighted by atomic mass is 32.1. The largest absolute Gasteiger partial charge is 0.477 e. The lowest BCUT2D eigenvalue weighted by Gasteiger charge is -2.19. The second-order valence-electron chi connectivity index (χ2n) is 4.89. The van der Waals surface area contributed by atoms with Crippen molar-refractivity contribution in [1.29, 1.82) is 0 Å². The van der Waals surface area contributed by atoms with Crippen LogP contribution in [0.15, 0.2) is 24.3 Å². The Morgan fingerprint density at radius 1 is 1.31 bits per heavy atom. The van der Waals surface area contributed by atoms with Gasteiger partial charge in [0.2, 0.25) is 0 Å². The number of rotatable bonds is 1. The Bertz CT molecular complexity index is 547. The minimum atomic E-state index is -0.846. The quantitative estimate of drug-likeness (QED) is 0.812. The first kappa shape index (κ1) is 11.1. The number of aromatic carboxylic acids is 1. The van der Waals surface area contributed by atoms with Crippen molar-refractivity contribution >= 4 is 27.4 Å². The Balaban J connectivity index is 2.73. The molecule has 0 aliphatic heterocycles. The Labute approximate surface area is 98.5 Å². The van der Waals surface area contributed by atoms with Crippen molar-refractivity contribution in [2.24, 2.45) is 0 Å². The molecule has 0 unspecified atom stereocenters. The van der Waals surface area contributed by atoms with Crippen molar-refractivity contribution in [2.75, 3.05) is 0 Å². The fourth-order valence-corrected chi connectivity index (χ4v) is 2.98. The molecule has 0 radical (unpaired) electrons. The van der Waals surface area contributed by atoms with Gasteiger partial charge in [0, 0.05) is 4.70 Å². The maximum Gasteiger partial charge on any atom is 0.345 e. The first-order chi connectivity index (χ1) is 7.39. The first-order valence-electron chi connectivity index (χ1n) is 5.16. The maximum atomic E-state index is 10.9. The molecule has 16 heavy (non-hydrogen) atoms. The molecule has 2 aromatic rings. The van der Waals surface area contributed by atoms with E-state index in [-0.39, 0.29) is 5.41 Å². The third-order valence-corrected chi connectivity index (χ3v) is 3.74. The number of hydrogen-bond acceptors (Lipinski definition) is 2. The summed E-state index contributed by atoms with van der Waals surface area (Å²) in [4.78, 5) is 11.4. The van der Waals surface area contributed by atoms with Gasteiger partial charge in [-0.2, -0.15) is 0 Å². The molecule has 84 valence electrons. The van der Waals surface area contributed by atoms with Gasteiger partial charge in [-0.25, -0.2) is 4.79 Å². The number of fused-ring (bicyclic) bond motifs is 1. The molecule has 0 saturated heterocycles. The Morgan fingerprint density at radius 2 is 2.00 bits per heavy atom. The van der Waals surface area contributed by atoms with E-state index in [1.807, 2.05) is 12.1 Å². The molecule has 0 amide bonds. The molecule has 1 heterocycles. The summed E-state index contributed by atoms with van der Waals surface area (Å²) >= 11 is 1.36. The Morgan fingerprint density at radius 3 is 2.56 bits per heavy atom. The summed E-state index contributed by atoms with van der Waals surface area (Å²) in [6.45, 7) is 6.42. The zero-order valence-electron chi connectivity index (χ0n) is 9.57. The van der Waals surface area contributed by atoms with E-state index >= 15 is 0 Å². The van der Waals surface area contributed by atoms with Gasteiger partial charge in [-0.3, -0.25) is 0 Å². The van der Waals surface area contributed by atoms with Crippen molar-refractivity contribution in [3.05, 3.63) is 34.7 Å². The average molecular weight is 234 g/mol. The van der Waals surface area contributed by atoms with E-state index in [9.17, 15) is 4.79 Å². The number of thiophene rings is 1. The van der Waals surface area contributed by atoms with Crippen LogP contribution < -0.4 is 0 Å². The van der Waals surface area contributed by atoms with Crippen molar-refractivity contribution in [3.8, 4) is 0 Å². The van der Waals surface area contributed by atoms with Gasteiger partial charge < -0.3 is 5.11 Å². The normalized spacial score (nSPS) is 11.9. The number of carboxylic acids is 1. The summed E-state index contributed by atoms with van der Waals surface area (Å²) in [6, 6.07) is 7.77. The third kappa shape index (κ3) is 1.83. The molecule has 0 saturated carbocycles. The summed E-state index contributed by atoms with van der Waals surface area (Å²) in [5, 5.41) is 10.0. The highest BCUT2D eigenvalue weighted by Crippen LogP contribution is 2.35. The zero-order valence-corrected chi connectivity index (χ0v) is 10.4. The molecule has 2 nitrogen and oxygen atoms in total.